The van der Waals surface area contributed by atoms with E-state index in [0.29, 0.717) is 23.0 Å². The molecule has 1 aromatic rings. The summed E-state index contributed by atoms with van der Waals surface area (Å²) in [5, 5.41) is 19.7. The third-order valence-electron chi connectivity index (χ3n) is 3.71. The first-order valence-corrected chi connectivity index (χ1v) is 7.68. The Bertz CT molecular complexity index is 624. The van der Waals surface area contributed by atoms with Gasteiger partial charge in [-0.05, 0) is 33.1 Å². The first-order valence-electron chi connectivity index (χ1n) is 7.30. The van der Waals surface area contributed by atoms with Crippen molar-refractivity contribution >= 4 is 17.4 Å². The van der Waals surface area contributed by atoms with E-state index in [-0.39, 0.29) is 6.04 Å². The fraction of sp³-hybridized carbons (Fsp3) is 0.571. The molecule has 0 aromatic carbocycles. The average Bonchev–Trinajstić information content (AvgIpc) is 3.00. The predicted octanol–water partition coefficient (Wildman–Crippen LogP) is 1.93. The van der Waals surface area contributed by atoms with Gasteiger partial charge in [0.1, 0.15) is 10.8 Å². The topological polar surface area (TPSA) is 68.9 Å². The summed E-state index contributed by atoms with van der Waals surface area (Å²) in [6.07, 6.45) is 3.24. The van der Waals surface area contributed by atoms with Crippen molar-refractivity contribution in [3.05, 3.63) is 22.1 Å². The largest absolute Gasteiger partial charge is 0.367 e. The summed E-state index contributed by atoms with van der Waals surface area (Å²) in [5.41, 5.74) is 4.96. The van der Waals surface area contributed by atoms with Crippen molar-refractivity contribution < 1.29 is 0 Å². The molecular weight excluding hydrogens is 288 g/mol. The van der Waals surface area contributed by atoms with Crippen LogP contribution in [0, 0.1) is 11.3 Å². The molecule has 112 valence electrons. The molecule has 2 aliphatic heterocycles. The van der Waals surface area contributed by atoms with Crippen LogP contribution in [0.5, 0.6) is 0 Å². The van der Waals surface area contributed by atoms with Gasteiger partial charge in [0.15, 0.2) is 5.82 Å². The summed E-state index contributed by atoms with van der Waals surface area (Å²) >= 11 is 6.52. The van der Waals surface area contributed by atoms with Gasteiger partial charge in [-0.15, -0.1) is 0 Å². The van der Waals surface area contributed by atoms with Crippen molar-refractivity contribution in [3.63, 3.8) is 0 Å². The van der Waals surface area contributed by atoms with Crippen molar-refractivity contribution in [2.45, 2.75) is 45.7 Å². The fourth-order valence-electron chi connectivity index (χ4n) is 2.74. The Morgan fingerprint density at radius 1 is 1.43 bits per heavy atom. The zero-order chi connectivity index (χ0) is 15.0. The molecule has 0 amide bonds. The first kappa shape index (κ1) is 14.2. The number of halogens is 1. The Morgan fingerprint density at radius 2 is 2.24 bits per heavy atom. The molecule has 0 radical (unpaired) electrons. The van der Waals surface area contributed by atoms with Gasteiger partial charge in [0.25, 0.3) is 0 Å². The Morgan fingerprint density at radius 3 is 2.90 bits per heavy atom. The zero-order valence-electron chi connectivity index (χ0n) is 12.3. The highest BCUT2D eigenvalue weighted by molar-refractivity contribution is 6.33. The fourth-order valence-corrected chi connectivity index (χ4v) is 3.05. The molecule has 0 atom stereocenters. The van der Waals surface area contributed by atoms with Crippen LogP contribution in [0.2, 0.25) is 5.02 Å². The van der Waals surface area contributed by atoms with Gasteiger partial charge in [0.05, 0.1) is 23.9 Å². The molecule has 3 rings (SSSR count). The lowest BCUT2D eigenvalue weighted by atomic mass is 10.1. The molecule has 0 aliphatic carbocycles. The van der Waals surface area contributed by atoms with Crippen LogP contribution in [0.25, 0.3) is 0 Å². The van der Waals surface area contributed by atoms with Gasteiger partial charge in [-0.3, -0.25) is 4.68 Å². The van der Waals surface area contributed by atoms with E-state index in [2.05, 4.69) is 21.9 Å². The number of aryl methyl sites for hydroxylation is 1. The van der Waals surface area contributed by atoms with Crippen LogP contribution >= 0.6 is 11.6 Å². The second-order valence-electron chi connectivity index (χ2n) is 5.67. The number of nitrogens with zero attached hydrogens (tertiary/aromatic N) is 4. The molecule has 7 heteroatoms. The summed E-state index contributed by atoms with van der Waals surface area (Å²) < 4.78 is 1.99. The molecule has 0 saturated carbocycles. The van der Waals surface area contributed by atoms with Gasteiger partial charge in [0.2, 0.25) is 0 Å². The summed E-state index contributed by atoms with van der Waals surface area (Å²) in [4.78, 5) is 0. The minimum absolute atomic E-state index is 0.224. The van der Waals surface area contributed by atoms with Crippen LogP contribution in [0.15, 0.2) is 11.4 Å². The maximum Gasteiger partial charge on any atom is 0.189 e. The maximum absolute atomic E-state index is 9.27. The molecule has 1 aromatic heterocycles. The van der Waals surface area contributed by atoms with E-state index in [1.54, 1.807) is 0 Å². The molecule has 6 nitrogen and oxygen atoms in total. The van der Waals surface area contributed by atoms with Crippen LogP contribution in [0.1, 0.15) is 32.4 Å². The van der Waals surface area contributed by atoms with Gasteiger partial charge in [-0.2, -0.15) is 10.4 Å². The van der Waals surface area contributed by atoms with E-state index in [4.69, 9.17) is 11.6 Å². The monoisotopic (exact) mass is 306 g/mol. The molecule has 0 fully saturated rings. The number of anilines is 1. The third kappa shape index (κ3) is 2.47. The number of hydrazine groups is 1. The first-order chi connectivity index (χ1) is 10.1. The second kappa shape index (κ2) is 5.58. The summed E-state index contributed by atoms with van der Waals surface area (Å²) in [7, 11) is 0. The van der Waals surface area contributed by atoms with Crippen molar-refractivity contribution in [2.75, 3.05) is 11.6 Å². The molecule has 2 N–H and O–H groups in total. The third-order valence-corrected chi connectivity index (χ3v) is 4.09. The second-order valence-corrected chi connectivity index (χ2v) is 6.05. The van der Waals surface area contributed by atoms with Crippen molar-refractivity contribution in [1.29, 1.82) is 5.26 Å². The molecule has 0 unspecified atom stereocenters. The SMILES string of the molecule is CC(C)NC1=C(C#N)CNN1c1nn2c(c1Cl)CCCC2. The van der Waals surface area contributed by atoms with Crippen molar-refractivity contribution in [3.8, 4) is 6.07 Å². The highest BCUT2D eigenvalue weighted by Crippen LogP contribution is 2.34. The molecule has 0 bridgehead atoms. The van der Waals surface area contributed by atoms with Crippen molar-refractivity contribution in [1.82, 2.24) is 20.5 Å². The predicted molar refractivity (Wildman–Crippen MR) is 81.6 cm³/mol. The van der Waals surface area contributed by atoms with Crippen LogP contribution in [0.3, 0.4) is 0 Å². The molecule has 3 heterocycles. The summed E-state index contributed by atoms with van der Waals surface area (Å²) in [6.45, 7) is 5.48. The van der Waals surface area contributed by atoms with E-state index in [1.165, 1.54) is 0 Å². The number of hydrogen-bond donors (Lipinski definition) is 2. The summed E-state index contributed by atoms with van der Waals surface area (Å²) in [6, 6.07) is 2.46. The quantitative estimate of drug-likeness (QED) is 0.893. The highest BCUT2D eigenvalue weighted by Gasteiger charge is 2.30. The van der Waals surface area contributed by atoms with Crippen LogP contribution in [0.4, 0.5) is 5.82 Å². The lowest BCUT2D eigenvalue weighted by Gasteiger charge is -2.22. The highest BCUT2D eigenvalue weighted by atomic mass is 35.5. The minimum Gasteiger partial charge on any atom is -0.367 e. The Kier molecular flexibility index (Phi) is 3.79. The van der Waals surface area contributed by atoms with E-state index < -0.39 is 0 Å². The molecule has 0 spiro atoms. The number of nitriles is 1. The number of hydrogen-bond acceptors (Lipinski definition) is 5. The van der Waals surface area contributed by atoms with E-state index in [9.17, 15) is 5.26 Å². The van der Waals surface area contributed by atoms with Crippen molar-refractivity contribution in [2.24, 2.45) is 0 Å². The van der Waals surface area contributed by atoms with Crippen LogP contribution in [-0.4, -0.2) is 22.4 Å². The maximum atomic E-state index is 9.27. The van der Waals surface area contributed by atoms with Gasteiger partial charge < -0.3 is 5.32 Å². The Balaban J connectivity index is 1.98. The van der Waals surface area contributed by atoms with E-state index in [1.807, 2.05) is 23.5 Å². The number of nitrogens with one attached hydrogen (secondary N) is 2. The van der Waals surface area contributed by atoms with E-state index in [0.717, 1.165) is 37.3 Å². The molecular formula is C14H19ClN6. The summed E-state index contributed by atoms with van der Waals surface area (Å²) in [5.74, 6) is 1.44. The zero-order valence-corrected chi connectivity index (χ0v) is 13.0. The number of aromatic nitrogens is 2. The lowest BCUT2D eigenvalue weighted by Crippen LogP contribution is -2.39. The minimum atomic E-state index is 0.224. The Hall–Kier alpha value is -1.71. The Labute approximate surface area is 129 Å². The number of fused-ring (bicyclic) bond motifs is 1. The normalized spacial score (nSPS) is 18.1. The van der Waals surface area contributed by atoms with Gasteiger partial charge in [-0.25, -0.2) is 10.4 Å². The molecule has 21 heavy (non-hydrogen) atoms. The van der Waals surface area contributed by atoms with E-state index >= 15 is 0 Å². The molecule has 0 saturated heterocycles. The smallest absolute Gasteiger partial charge is 0.189 e. The van der Waals surface area contributed by atoms with Crippen LogP contribution < -0.4 is 15.8 Å². The van der Waals surface area contributed by atoms with Crippen LogP contribution in [-0.2, 0) is 13.0 Å². The van der Waals surface area contributed by atoms with Gasteiger partial charge in [0, 0.05) is 12.6 Å². The molecule has 2 aliphatic rings. The lowest BCUT2D eigenvalue weighted by molar-refractivity contribution is 0.485. The average molecular weight is 307 g/mol. The number of rotatable bonds is 3. The van der Waals surface area contributed by atoms with Gasteiger partial charge in [-0.1, -0.05) is 11.6 Å². The standard InChI is InChI=1S/C14H19ClN6/c1-9(2)18-13-10(7-16)8-17-21(13)14-12(15)11-5-3-4-6-20(11)19-14/h9,17-18H,3-6,8H2,1-2H3. The van der Waals surface area contributed by atoms with Gasteiger partial charge >= 0.3 is 0 Å².